The number of hydrogen-bond acceptors (Lipinski definition) is 2. The highest BCUT2D eigenvalue weighted by Gasteiger charge is 2.14. The Balaban J connectivity index is 2.08. The quantitative estimate of drug-likeness (QED) is 0.670. The summed E-state index contributed by atoms with van der Waals surface area (Å²) in [4.78, 5) is 23.3. The van der Waals surface area contributed by atoms with Crippen LogP contribution in [-0.4, -0.2) is 17.1 Å². The molecule has 114 valence electrons. The molecule has 0 aliphatic carbocycles. The van der Waals surface area contributed by atoms with Crippen LogP contribution >= 0.6 is 22.6 Å². The molecule has 0 aliphatic heterocycles. The van der Waals surface area contributed by atoms with Crippen molar-refractivity contribution in [2.45, 2.75) is 13.0 Å². The van der Waals surface area contributed by atoms with Crippen LogP contribution in [0, 0.1) is 3.57 Å². The Hall–Kier alpha value is -2.09. The van der Waals surface area contributed by atoms with E-state index in [9.17, 15) is 14.7 Å². The molecule has 2 aromatic carbocycles. The summed E-state index contributed by atoms with van der Waals surface area (Å²) in [5.41, 5.74) is 1.30. The van der Waals surface area contributed by atoms with Crippen molar-refractivity contribution in [1.29, 1.82) is 0 Å². The first-order chi connectivity index (χ1) is 10.5. The SMILES string of the molecule is C[C@@H](NC(=O)Nc1ccc(I)cc1C(=O)O)c1ccccc1. The summed E-state index contributed by atoms with van der Waals surface area (Å²) in [7, 11) is 0. The predicted molar refractivity (Wildman–Crippen MR) is 93.1 cm³/mol. The van der Waals surface area contributed by atoms with Crippen molar-refractivity contribution in [1.82, 2.24) is 5.32 Å². The first-order valence-electron chi connectivity index (χ1n) is 6.62. The van der Waals surface area contributed by atoms with Crippen molar-refractivity contribution in [2.24, 2.45) is 0 Å². The third-order valence-corrected chi connectivity index (χ3v) is 3.78. The molecule has 0 saturated carbocycles. The van der Waals surface area contributed by atoms with Crippen molar-refractivity contribution in [3.8, 4) is 0 Å². The Labute approximate surface area is 141 Å². The summed E-state index contributed by atoms with van der Waals surface area (Å²) in [5, 5.41) is 14.6. The van der Waals surface area contributed by atoms with Gasteiger partial charge in [0.05, 0.1) is 17.3 Å². The van der Waals surface area contributed by atoms with E-state index in [1.807, 2.05) is 59.8 Å². The number of aromatic carboxylic acids is 1. The molecule has 6 heteroatoms. The van der Waals surface area contributed by atoms with Crippen molar-refractivity contribution < 1.29 is 14.7 Å². The zero-order valence-electron chi connectivity index (χ0n) is 11.8. The Kier molecular flexibility index (Phi) is 5.37. The predicted octanol–water partition coefficient (Wildman–Crippen LogP) is 3.87. The molecule has 0 unspecified atom stereocenters. The van der Waals surface area contributed by atoms with Gasteiger partial charge >= 0.3 is 12.0 Å². The van der Waals surface area contributed by atoms with Gasteiger partial charge in [0.2, 0.25) is 0 Å². The number of anilines is 1. The number of rotatable bonds is 4. The normalized spacial score (nSPS) is 11.5. The second-order valence-corrected chi connectivity index (χ2v) is 5.97. The molecular weight excluding hydrogens is 395 g/mol. The molecule has 2 amide bonds. The highest BCUT2D eigenvalue weighted by atomic mass is 127. The number of amides is 2. The van der Waals surface area contributed by atoms with Crippen LogP contribution in [0.5, 0.6) is 0 Å². The Morgan fingerprint density at radius 3 is 2.45 bits per heavy atom. The fraction of sp³-hybridized carbons (Fsp3) is 0.125. The summed E-state index contributed by atoms with van der Waals surface area (Å²) >= 11 is 2.03. The van der Waals surface area contributed by atoms with Crippen molar-refractivity contribution in [2.75, 3.05) is 5.32 Å². The molecule has 0 aliphatic rings. The van der Waals surface area contributed by atoms with E-state index in [2.05, 4.69) is 10.6 Å². The van der Waals surface area contributed by atoms with E-state index in [4.69, 9.17) is 0 Å². The zero-order chi connectivity index (χ0) is 16.1. The van der Waals surface area contributed by atoms with Gasteiger partial charge in [0, 0.05) is 3.57 Å². The lowest BCUT2D eigenvalue weighted by molar-refractivity contribution is 0.0698. The van der Waals surface area contributed by atoms with Gasteiger partial charge in [-0.1, -0.05) is 30.3 Å². The van der Waals surface area contributed by atoms with E-state index in [0.29, 0.717) is 0 Å². The molecule has 2 rings (SSSR count). The van der Waals surface area contributed by atoms with Gasteiger partial charge in [0.15, 0.2) is 0 Å². The smallest absolute Gasteiger partial charge is 0.337 e. The Morgan fingerprint density at radius 1 is 1.14 bits per heavy atom. The summed E-state index contributed by atoms with van der Waals surface area (Å²) in [5.74, 6) is -1.08. The van der Waals surface area contributed by atoms with Crippen LogP contribution in [0.25, 0.3) is 0 Å². The second-order valence-electron chi connectivity index (χ2n) is 4.73. The summed E-state index contributed by atoms with van der Waals surface area (Å²) in [6.45, 7) is 1.86. The van der Waals surface area contributed by atoms with E-state index in [-0.39, 0.29) is 17.3 Å². The molecule has 0 fully saturated rings. The number of halogens is 1. The molecule has 2 aromatic rings. The van der Waals surface area contributed by atoms with Crippen LogP contribution in [0.1, 0.15) is 28.9 Å². The number of hydrogen-bond donors (Lipinski definition) is 3. The fourth-order valence-corrected chi connectivity index (χ4v) is 2.47. The standard InChI is InChI=1S/C16H15IN2O3/c1-10(11-5-3-2-4-6-11)18-16(22)19-14-8-7-12(17)9-13(14)15(20)21/h2-10H,1H3,(H,20,21)(H2,18,19,22)/t10-/m1/s1. The molecule has 0 heterocycles. The summed E-state index contributed by atoms with van der Waals surface area (Å²) in [6.07, 6.45) is 0. The Bertz CT molecular complexity index is 689. The molecule has 0 radical (unpaired) electrons. The van der Waals surface area contributed by atoms with Gasteiger partial charge in [-0.15, -0.1) is 0 Å². The van der Waals surface area contributed by atoms with Crippen LogP contribution in [0.4, 0.5) is 10.5 Å². The maximum Gasteiger partial charge on any atom is 0.337 e. The lowest BCUT2D eigenvalue weighted by Gasteiger charge is -2.16. The van der Waals surface area contributed by atoms with Crippen LogP contribution in [-0.2, 0) is 0 Å². The zero-order valence-corrected chi connectivity index (χ0v) is 14.0. The maximum absolute atomic E-state index is 12.0. The average molecular weight is 410 g/mol. The monoisotopic (exact) mass is 410 g/mol. The van der Waals surface area contributed by atoms with Gasteiger partial charge < -0.3 is 15.7 Å². The molecule has 0 bridgehead atoms. The van der Waals surface area contributed by atoms with Crippen molar-refractivity contribution in [3.05, 3.63) is 63.2 Å². The van der Waals surface area contributed by atoms with E-state index in [0.717, 1.165) is 9.13 Å². The first kappa shape index (κ1) is 16.3. The lowest BCUT2D eigenvalue weighted by Crippen LogP contribution is -2.31. The third-order valence-electron chi connectivity index (χ3n) is 3.11. The van der Waals surface area contributed by atoms with Crippen molar-refractivity contribution in [3.63, 3.8) is 0 Å². The van der Waals surface area contributed by atoms with Gasteiger partial charge in [-0.2, -0.15) is 0 Å². The van der Waals surface area contributed by atoms with Gasteiger partial charge in [-0.25, -0.2) is 9.59 Å². The van der Waals surface area contributed by atoms with Gasteiger partial charge in [-0.05, 0) is 53.3 Å². The molecule has 22 heavy (non-hydrogen) atoms. The minimum absolute atomic E-state index is 0.0643. The van der Waals surface area contributed by atoms with Gasteiger partial charge in [0.25, 0.3) is 0 Å². The van der Waals surface area contributed by atoms with Crippen LogP contribution in [0.2, 0.25) is 0 Å². The first-order valence-corrected chi connectivity index (χ1v) is 7.70. The molecule has 5 nitrogen and oxygen atoms in total. The van der Waals surface area contributed by atoms with E-state index >= 15 is 0 Å². The van der Waals surface area contributed by atoms with Crippen LogP contribution in [0.3, 0.4) is 0 Å². The number of carboxylic acid groups (broad SMARTS) is 1. The molecule has 0 spiro atoms. The number of nitrogens with one attached hydrogen (secondary N) is 2. The topological polar surface area (TPSA) is 78.4 Å². The number of carbonyl (C=O) groups is 2. The van der Waals surface area contributed by atoms with Crippen molar-refractivity contribution >= 4 is 40.3 Å². The minimum Gasteiger partial charge on any atom is -0.478 e. The minimum atomic E-state index is -1.08. The maximum atomic E-state index is 12.0. The number of benzene rings is 2. The molecule has 1 atom stereocenters. The number of urea groups is 1. The van der Waals surface area contributed by atoms with Gasteiger partial charge in [-0.3, -0.25) is 0 Å². The lowest BCUT2D eigenvalue weighted by atomic mass is 10.1. The molecular formula is C16H15IN2O3. The summed E-state index contributed by atoms with van der Waals surface area (Å²) in [6, 6.07) is 13.7. The second kappa shape index (κ2) is 7.26. The number of carbonyl (C=O) groups excluding carboxylic acids is 1. The molecule has 3 N–H and O–H groups in total. The largest absolute Gasteiger partial charge is 0.478 e. The fourth-order valence-electron chi connectivity index (χ4n) is 1.98. The number of carboxylic acids is 1. The van der Waals surface area contributed by atoms with Crippen LogP contribution < -0.4 is 10.6 Å². The highest BCUT2D eigenvalue weighted by molar-refractivity contribution is 14.1. The van der Waals surface area contributed by atoms with Gasteiger partial charge in [0.1, 0.15) is 0 Å². The Morgan fingerprint density at radius 2 is 1.82 bits per heavy atom. The van der Waals surface area contributed by atoms with Crippen LogP contribution in [0.15, 0.2) is 48.5 Å². The van der Waals surface area contributed by atoms with E-state index < -0.39 is 12.0 Å². The van der Waals surface area contributed by atoms with E-state index in [1.165, 1.54) is 6.07 Å². The average Bonchev–Trinajstić information content (AvgIpc) is 2.49. The third kappa shape index (κ3) is 4.20. The van der Waals surface area contributed by atoms with E-state index in [1.54, 1.807) is 12.1 Å². The molecule has 0 saturated heterocycles. The highest BCUT2D eigenvalue weighted by Crippen LogP contribution is 2.19. The molecule has 0 aromatic heterocycles. The summed E-state index contributed by atoms with van der Waals surface area (Å²) < 4.78 is 0.790.